The minimum atomic E-state index is -0.998. The summed E-state index contributed by atoms with van der Waals surface area (Å²) in [5.74, 6) is -0.351. The first-order valence-corrected chi connectivity index (χ1v) is 4.59. The molecule has 0 saturated heterocycles. The highest BCUT2D eigenvalue weighted by atomic mass is 16.5. The molecule has 0 atom stereocenters. The monoisotopic (exact) mass is 206 g/mol. The first-order chi connectivity index (χ1) is 7.22. The van der Waals surface area contributed by atoms with Crippen molar-refractivity contribution in [2.24, 2.45) is 0 Å². The van der Waals surface area contributed by atoms with Gasteiger partial charge >= 0.3 is 5.97 Å². The van der Waals surface area contributed by atoms with Crippen molar-refractivity contribution in [3.63, 3.8) is 0 Å². The van der Waals surface area contributed by atoms with Gasteiger partial charge in [-0.15, -0.1) is 0 Å². The Morgan fingerprint density at radius 1 is 1.53 bits per heavy atom. The summed E-state index contributed by atoms with van der Waals surface area (Å²) in [4.78, 5) is 10.8. The van der Waals surface area contributed by atoms with Crippen molar-refractivity contribution in [3.05, 3.63) is 30.0 Å². The second kappa shape index (κ2) is 3.65. The van der Waals surface area contributed by atoms with E-state index in [1.54, 1.807) is 18.2 Å². The fraction of sp³-hybridized carbons (Fsp3) is 0.182. The zero-order valence-electron chi connectivity index (χ0n) is 8.19. The Hall–Kier alpha value is -1.97. The fourth-order valence-electron chi connectivity index (χ4n) is 1.43. The van der Waals surface area contributed by atoms with Crippen LogP contribution >= 0.6 is 0 Å². The summed E-state index contributed by atoms with van der Waals surface area (Å²) in [5, 5.41) is 9.46. The van der Waals surface area contributed by atoms with Crippen LogP contribution in [0.5, 0.6) is 5.75 Å². The quantitative estimate of drug-likeness (QED) is 0.838. The van der Waals surface area contributed by atoms with Crippen LogP contribution in [-0.4, -0.2) is 17.7 Å². The van der Waals surface area contributed by atoms with Crippen LogP contribution in [0.15, 0.2) is 28.9 Å². The molecule has 15 heavy (non-hydrogen) atoms. The molecule has 0 unspecified atom stereocenters. The Labute approximate surface area is 86.1 Å². The molecule has 0 spiro atoms. The number of aromatic carboxylic acids is 1. The number of rotatable bonds is 3. The Morgan fingerprint density at radius 2 is 2.33 bits per heavy atom. The topological polar surface area (TPSA) is 59.7 Å². The van der Waals surface area contributed by atoms with Gasteiger partial charge in [-0.2, -0.15) is 0 Å². The van der Waals surface area contributed by atoms with Crippen molar-refractivity contribution in [2.75, 3.05) is 6.61 Å². The summed E-state index contributed by atoms with van der Waals surface area (Å²) in [6.07, 6.45) is 1.24. The molecule has 0 aliphatic carbocycles. The van der Waals surface area contributed by atoms with Crippen LogP contribution in [0.3, 0.4) is 0 Å². The normalized spacial score (nSPS) is 10.5. The van der Waals surface area contributed by atoms with Crippen molar-refractivity contribution in [1.82, 2.24) is 0 Å². The van der Waals surface area contributed by atoms with E-state index in [0.29, 0.717) is 23.3 Å². The van der Waals surface area contributed by atoms with Gasteiger partial charge in [0.2, 0.25) is 0 Å². The van der Waals surface area contributed by atoms with E-state index in [1.807, 2.05) is 6.92 Å². The smallest absolute Gasteiger partial charge is 0.339 e. The lowest BCUT2D eigenvalue weighted by Crippen LogP contribution is -1.94. The molecule has 0 bridgehead atoms. The molecule has 1 N–H and O–H groups in total. The van der Waals surface area contributed by atoms with Crippen molar-refractivity contribution in [3.8, 4) is 5.75 Å². The maximum Gasteiger partial charge on any atom is 0.339 e. The minimum Gasteiger partial charge on any atom is -0.494 e. The number of carboxylic acid groups (broad SMARTS) is 1. The molecule has 0 aliphatic heterocycles. The summed E-state index contributed by atoms with van der Waals surface area (Å²) in [7, 11) is 0. The van der Waals surface area contributed by atoms with Crippen molar-refractivity contribution in [1.29, 1.82) is 0 Å². The van der Waals surface area contributed by atoms with Crippen LogP contribution in [0, 0.1) is 0 Å². The Balaban J connectivity index is 2.56. The zero-order valence-corrected chi connectivity index (χ0v) is 8.19. The summed E-state index contributed by atoms with van der Waals surface area (Å²) in [6.45, 7) is 2.42. The Kier molecular flexibility index (Phi) is 2.33. The number of ether oxygens (including phenoxy) is 1. The molecule has 78 valence electrons. The van der Waals surface area contributed by atoms with Gasteiger partial charge in [-0.05, 0) is 25.1 Å². The molecule has 0 radical (unpaired) electrons. The third-order valence-corrected chi connectivity index (χ3v) is 2.09. The average Bonchev–Trinajstić information content (AvgIpc) is 2.61. The zero-order chi connectivity index (χ0) is 10.8. The molecular formula is C11H10O4. The van der Waals surface area contributed by atoms with Crippen molar-refractivity contribution in [2.45, 2.75) is 6.92 Å². The van der Waals surface area contributed by atoms with Crippen LogP contribution in [0.25, 0.3) is 11.0 Å². The lowest BCUT2D eigenvalue weighted by atomic mass is 10.2. The van der Waals surface area contributed by atoms with E-state index in [2.05, 4.69) is 0 Å². The van der Waals surface area contributed by atoms with E-state index in [-0.39, 0.29) is 5.56 Å². The molecule has 4 heteroatoms. The second-order valence-corrected chi connectivity index (χ2v) is 3.05. The standard InChI is InChI=1S/C11H10O4/c1-2-14-7-3-4-10-8(5-7)9(6-15-10)11(12)13/h3-6H,2H2,1H3,(H,12,13). The number of carboxylic acids is 1. The van der Waals surface area contributed by atoms with Gasteiger partial charge < -0.3 is 14.3 Å². The largest absolute Gasteiger partial charge is 0.494 e. The van der Waals surface area contributed by atoms with Crippen LogP contribution in [-0.2, 0) is 0 Å². The third-order valence-electron chi connectivity index (χ3n) is 2.09. The van der Waals surface area contributed by atoms with Crippen molar-refractivity contribution < 1.29 is 19.1 Å². The number of furan rings is 1. The second-order valence-electron chi connectivity index (χ2n) is 3.05. The van der Waals surface area contributed by atoms with Gasteiger partial charge in [0.25, 0.3) is 0 Å². The van der Waals surface area contributed by atoms with Gasteiger partial charge in [-0.3, -0.25) is 0 Å². The maximum atomic E-state index is 10.8. The van der Waals surface area contributed by atoms with Crippen LogP contribution < -0.4 is 4.74 Å². The van der Waals surface area contributed by atoms with E-state index in [9.17, 15) is 4.79 Å². The highest BCUT2D eigenvalue weighted by Gasteiger charge is 2.12. The number of benzene rings is 1. The summed E-state index contributed by atoms with van der Waals surface area (Å²) in [5.41, 5.74) is 0.711. The van der Waals surface area contributed by atoms with Crippen molar-refractivity contribution >= 4 is 16.9 Å². The molecule has 2 aromatic rings. The van der Waals surface area contributed by atoms with E-state index >= 15 is 0 Å². The lowest BCUT2D eigenvalue weighted by Gasteiger charge is -2.01. The fourth-order valence-corrected chi connectivity index (χ4v) is 1.43. The Bertz CT molecular complexity index is 498. The van der Waals surface area contributed by atoms with Gasteiger partial charge in [-0.1, -0.05) is 0 Å². The molecule has 0 amide bonds. The number of hydrogen-bond acceptors (Lipinski definition) is 3. The van der Waals surface area contributed by atoms with Crippen LogP contribution in [0.1, 0.15) is 17.3 Å². The molecule has 0 saturated carbocycles. The molecule has 0 aliphatic rings. The molecule has 1 aromatic heterocycles. The Morgan fingerprint density at radius 3 is 3.00 bits per heavy atom. The van der Waals surface area contributed by atoms with Gasteiger partial charge in [0.15, 0.2) is 0 Å². The number of hydrogen-bond donors (Lipinski definition) is 1. The third kappa shape index (κ3) is 1.66. The summed E-state index contributed by atoms with van der Waals surface area (Å²) < 4.78 is 10.4. The number of fused-ring (bicyclic) bond motifs is 1. The highest BCUT2D eigenvalue weighted by molar-refractivity contribution is 6.02. The minimum absolute atomic E-state index is 0.159. The van der Waals surface area contributed by atoms with E-state index in [1.165, 1.54) is 6.26 Å². The SMILES string of the molecule is CCOc1ccc2occ(C(=O)O)c2c1. The van der Waals surface area contributed by atoms with E-state index < -0.39 is 5.97 Å². The first-order valence-electron chi connectivity index (χ1n) is 4.59. The van der Waals surface area contributed by atoms with Gasteiger partial charge in [-0.25, -0.2) is 4.79 Å². The highest BCUT2D eigenvalue weighted by Crippen LogP contribution is 2.25. The van der Waals surface area contributed by atoms with Gasteiger partial charge in [0.1, 0.15) is 23.2 Å². The molecule has 4 nitrogen and oxygen atoms in total. The van der Waals surface area contributed by atoms with Gasteiger partial charge in [0.05, 0.1) is 6.61 Å². The molecular weight excluding hydrogens is 196 g/mol. The molecule has 2 rings (SSSR count). The van der Waals surface area contributed by atoms with E-state index in [0.717, 1.165) is 0 Å². The maximum absolute atomic E-state index is 10.8. The molecule has 0 fully saturated rings. The first kappa shape index (κ1) is 9.58. The van der Waals surface area contributed by atoms with Crippen LogP contribution in [0.4, 0.5) is 0 Å². The summed E-state index contributed by atoms with van der Waals surface area (Å²) in [6, 6.07) is 5.12. The summed E-state index contributed by atoms with van der Waals surface area (Å²) >= 11 is 0. The lowest BCUT2D eigenvalue weighted by molar-refractivity contribution is 0.0698. The average molecular weight is 206 g/mol. The number of carbonyl (C=O) groups is 1. The molecule has 1 aromatic carbocycles. The molecule has 1 heterocycles. The predicted octanol–water partition coefficient (Wildman–Crippen LogP) is 2.53. The van der Waals surface area contributed by atoms with Crippen LogP contribution in [0.2, 0.25) is 0 Å². The van der Waals surface area contributed by atoms with Gasteiger partial charge in [0, 0.05) is 5.39 Å². The van der Waals surface area contributed by atoms with E-state index in [4.69, 9.17) is 14.3 Å². The predicted molar refractivity (Wildman–Crippen MR) is 54.3 cm³/mol.